The molecule has 2 aromatic rings. The van der Waals surface area contributed by atoms with Crippen molar-refractivity contribution in [3.05, 3.63) is 29.1 Å². The van der Waals surface area contributed by atoms with E-state index in [9.17, 15) is 0 Å². The summed E-state index contributed by atoms with van der Waals surface area (Å²) < 4.78 is 0. The molecule has 5 heteroatoms. The van der Waals surface area contributed by atoms with Gasteiger partial charge in [-0.05, 0) is 25.6 Å². The molecule has 106 valence electrons. The molecule has 0 radical (unpaired) electrons. The normalized spacial score (nSPS) is 16.6. The zero-order valence-electron chi connectivity index (χ0n) is 12.0. The molecule has 1 fully saturated rings. The molecule has 2 heterocycles. The number of piperazine rings is 1. The largest absolute Gasteiger partial charge is 0.398 e. The van der Waals surface area contributed by atoms with E-state index in [-0.39, 0.29) is 0 Å². The van der Waals surface area contributed by atoms with Crippen molar-refractivity contribution in [2.24, 2.45) is 0 Å². The van der Waals surface area contributed by atoms with Gasteiger partial charge in [0.15, 0.2) is 5.13 Å². The Morgan fingerprint density at radius 1 is 1.20 bits per heavy atom. The summed E-state index contributed by atoms with van der Waals surface area (Å²) in [5, 5.41) is 3.24. The van der Waals surface area contributed by atoms with Crippen LogP contribution in [0.1, 0.15) is 5.56 Å². The van der Waals surface area contributed by atoms with E-state index < -0.39 is 0 Å². The summed E-state index contributed by atoms with van der Waals surface area (Å²) in [6, 6.07) is 6.16. The number of thiazole rings is 1. The molecule has 1 aliphatic rings. The number of nitrogens with zero attached hydrogens (tertiary/aromatic N) is 3. The van der Waals surface area contributed by atoms with Crippen LogP contribution < -0.4 is 10.6 Å². The van der Waals surface area contributed by atoms with Crippen molar-refractivity contribution < 1.29 is 0 Å². The van der Waals surface area contributed by atoms with Gasteiger partial charge >= 0.3 is 0 Å². The fourth-order valence-corrected chi connectivity index (χ4v) is 3.23. The fraction of sp³-hybridized carbons (Fsp3) is 0.400. The van der Waals surface area contributed by atoms with E-state index in [2.05, 4.69) is 34.4 Å². The quantitative estimate of drug-likeness (QED) is 0.862. The number of benzene rings is 1. The Morgan fingerprint density at radius 2 is 1.95 bits per heavy atom. The van der Waals surface area contributed by atoms with Gasteiger partial charge in [0.1, 0.15) is 0 Å². The summed E-state index contributed by atoms with van der Waals surface area (Å²) in [6.07, 6.45) is 0. The molecule has 0 saturated carbocycles. The Bertz CT molecular complexity index is 600. The van der Waals surface area contributed by atoms with E-state index in [1.54, 1.807) is 11.3 Å². The van der Waals surface area contributed by atoms with Gasteiger partial charge in [-0.2, -0.15) is 0 Å². The van der Waals surface area contributed by atoms with E-state index in [0.717, 1.165) is 53.8 Å². The lowest BCUT2D eigenvalue weighted by atomic mass is 10.1. The molecular formula is C15H20N4S. The standard InChI is InChI=1S/C15H20N4S/c1-11-3-4-12(9-13(11)16)14-10-20-15(17-14)19-7-5-18(2)6-8-19/h3-4,9-10H,5-8,16H2,1-2H3. The molecule has 1 aromatic heterocycles. The molecule has 0 spiro atoms. The molecule has 0 aliphatic carbocycles. The fourth-order valence-electron chi connectivity index (χ4n) is 2.34. The van der Waals surface area contributed by atoms with Gasteiger partial charge < -0.3 is 15.5 Å². The third-order valence-corrected chi connectivity index (χ3v) is 4.74. The number of likely N-dealkylation sites (N-methyl/N-ethyl adjacent to an activating group) is 1. The molecule has 1 aliphatic heterocycles. The molecule has 0 bridgehead atoms. The third-order valence-electron chi connectivity index (χ3n) is 3.84. The second-order valence-corrected chi connectivity index (χ2v) is 6.21. The van der Waals surface area contributed by atoms with Crippen LogP contribution in [0.15, 0.2) is 23.6 Å². The second-order valence-electron chi connectivity index (χ2n) is 5.38. The zero-order valence-corrected chi connectivity index (χ0v) is 12.8. The lowest BCUT2D eigenvalue weighted by Crippen LogP contribution is -2.44. The van der Waals surface area contributed by atoms with E-state index in [1.165, 1.54) is 0 Å². The maximum atomic E-state index is 5.98. The van der Waals surface area contributed by atoms with Crippen molar-refractivity contribution in [3.8, 4) is 11.3 Å². The predicted molar refractivity (Wildman–Crippen MR) is 86.4 cm³/mol. The van der Waals surface area contributed by atoms with Gasteiger partial charge in [0.2, 0.25) is 0 Å². The minimum Gasteiger partial charge on any atom is -0.398 e. The molecule has 0 atom stereocenters. The monoisotopic (exact) mass is 288 g/mol. The zero-order chi connectivity index (χ0) is 14.1. The Hall–Kier alpha value is -1.59. The number of rotatable bonds is 2. The smallest absolute Gasteiger partial charge is 0.185 e. The average Bonchev–Trinajstić information content (AvgIpc) is 2.92. The number of aryl methyl sites for hydroxylation is 1. The van der Waals surface area contributed by atoms with Crippen molar-refractivity contribution in [2.45, 2.75) is 6.92 Å². The Kier molecular flexibility index (Phi) is 3.63. The van der Waals surface area contributed by atoms with Crippen molar-refractivity contribution in [2.75, 3.05) is 43.9 Å². The van der Waals surface area contributed by atoms with Crippen molar-refractivity contribution in [1.82, 2.24) is 9.88 Å². The Morgan fingerprint density at radius 3 is 2.65 bits per heavy atom. The molecule has 4 nitrogen and oxygen atoms in total. The van der Waals surface area contributed by atoms with Crippen LogP contribution in [0.5, 0.6) is 0 Å². The number of anilines is 2. The summed E-state index contributed by atoms with van der Waals surface area (Å²) in [5.74, 6) is 0. The van der Waals surface area contributed by atoms with Crippen LogP contribution in [0.4, 0.5) is 10.8 Å². The first kappa shape index (κ1) is 13.4. The minimum absolute atomic E-state index is 0.830. The van der Waals surface area contributed by atoms with Crippen molar-refractivity contribution >= 4 is 22.2 Å². The highest BCUT2D eigenvalue weighted by atomic mass is 32.1. The lowest BCUT2D eigenvalue weighted by Gasteiger charge is -2.32. The number of nitrogen functional groups attached to an aromatic ring is 1. The van der Waals surface area contributed by atoms with E-state index in [0.29, 0.717) is 0 Å². The maximum absolute atomic E-state index is 5.98. The third kappa shape index (κ3) is 2.64. The van der Waals surface area contributed by atoms with Gasteiger partial charge in [0.05, 0.1) is 5.69 Å². The molecule has 20 heavy (non-hydrogen) atoms. The second kappa shape index (κ2) is 5.42. The summed E-state index contributed by atoms with van der Waals surface area (Å²) in [4.78, 5) is 9.49. The molecule has 0 unspecified atom stereocenters. The molecule has 0 amide bonds. The summed E-state index contributed by atoms with van der Waals surface area (Å²) in [5.41, 5.74) is 10.1. The first-order valence-electron chi connectivity index (χ1n) is 6.89. The van der Waals surface area contributed by atoms with E-state index >= 15 is 0 Å². The molecule has 3 rings (SSSR count). The first-order chi connectivity index (χ1) is 9.63. The number of hydrogen-bond donors (Lipinski definition) is 1. The Balaban J connectivity index is 1.81. The molecule has 1 saturated heterocycles. The van der Waals surface area contributed by atoms with Gasteiger partial charge in [-0.3, -0.25) is 0 Å². The van der Waals surface area contributed by atoms with Crippen LogP contribution >= 0.6 is 11.3 Å². The molecule has 1 aromatic carbocycles. The average molecular weight is 288 g/mol. The Labute approximate surface area is 123 Å². The molecule has 2 N–H and O–H groups in total. The van der Waals surface area contributed by atoms with E-state index in [1.807, 2.05) is 13.0 Å². The highest BCUT2D eigenvalue weighted by Gasteiger charge is 2.17. The lowest BCUT2D eigenvalue weighted by molar-refractivity contribution is 0.313. The van der Waals surface area contributed by atoms with Crippen LogP contribution in [0.3, 0.4) is 0 Å². The highest BCUT2D eigenvalue weighted by Crippen LogP contribution is 2.29. The van der Waals surface area contributed by atoms with Crippen LogP contribution in [0, 0.1) is 6.92 Å². The SMILES string of the molecule is Cc1ccc(-c2csc(N3CCN(C)CC3)n2)cc1N. The molecular weight excluding hydrogens is 268 g/mol. The first-order valence-corrected chi connectivity index (χ1v) is 7.77. The number of hydrogen-bond acceptors (Lipinski definition) is 5. The summed E-state index contributed by atoms with van der Waals surface area (Å²) in [6.45, 7) is 6.34. The summed E-state index contributed by atoms with van der Waals surface area (Å²) in [7, 11) is 2.17. The van der Waals surface area contributed by atoms with Crippen molar-refractivity contribution in [3.63, 3.8) is 0 Å². The highest BCUT2D eigenvalue weighted by molar-refractivity contribution is 7.14. The van der Waals surface area contributed by atoms with Crippen LogP contribution in [-0.4, -0.2) is 43.1 Å². The van der Waals surface area contributed by atoms with Gasteiger partial charge in [-0.15, -0.1) is 11.3 Å². The summed E-state index contributed by atoms with van der Waals surface area (Å²) >= 11 is 1.72. The van der Waals surface area contributed by atoms with Gasteiger partial charge in [-0.1, -0.05) is 12.1 Å². The van der Waals surface area contributed by atoms with Crippen LogP contribution in [0.25, 0.3) is 11.3 Å². The van der Waals surface area contributed by atoms with Gasteiger partial charge in [0.25, 0.3) is 0 Å². The topological polar surface area (TPSA) is 45.4 Å². The van der Waals surface area contributed by atoms with Crippen molar-refractivity contribution in [1.29, 1.82) is 0 Å². The van der Waals surface area contributed by atoms with Crippen LogP contribution in [0.2, 0.25) is 0 Å². The van der Waals surface area contributed by atoms with E-state index in [4.69, 9.17) is 10.7 Å². The predicted octanol–water partition coefficient (Wildman–Crippen LogP) is 2.45. The number of nitrogens with two attached hydrogens (primary N) is 1. The van der Waals surface area contributed by atoms with Crippen LogP contribution in [-0.2, 0) is 0 Å². The minimum atomic E-state index is 0.830. The van der Waals surface area contributed by atoms with Gasteiger partial charge in [0, 0.05) is 42.8 Å². The maximum Gasteiger partial charge on any atom is 0.185 e. The van der Waals surface area contributed by atoms with Gasteiger partial charge in [-0.25, -0.2) is 4.98 Å². The number of aromatic nitrogens is 1.